The smallest absolute Gasteiger partial charge is 0.0474 e. The van der Waals surface area contributed by atoms with Crippen molar-refractivity contribution in [3.63, 3.8) is 0 Å². The van der Waals surface area contributed by atoms with Crippen LogP contribution in [-0.2, 0) is 24.4 Å². The van der Waals surface area contributed by atoms with Crippen LogP contribution in [0.5, 0.6) is 0 Å². The third-order valence-electron chi connectivity index (χ3n) is 5.06. The van der Waals surface area contributed by atoms with Crippen molar-refractivity contribution in [2.45, 2.75) is 39.9 Å². The Morgan fingerprint density at radius 1 is 0.857 bits per heavy atom. The van der Waals surface area contributed by atoms with Crippen molar-refractivity contribution in [1.29, 1.82) is 0 Å². The van der Waals surface area contributed by atoms with Crippen LogP contribution >= 0.6 is 0 Å². The lowest BCUT2D eigenvalue weighted by Gasteiger charge is -2.23. The summed E-state index contributed by atoms with van der Waals surface area (Å²) in [5, 5.41) is 0. The van der Waals surface area contributed by atoms with Crippen LogP contribution in [0.1, 0.15) is 34.4 Å². The van der Waals surface area contributed by atoms with E-state index in [1.54, 1.807) is 7.11 Å². The highest BCUT2D eigenvalue weighted by Crippen LogP contribution is 2.15. The van der Waals surface area contributed by atoms with E-state index < -0.39 is 0 Å². The standard InChI is InChI=1S/C25H32N2O/c1-21-8-4-10-23(16-21)18-26(13-7-15-28-3)20-25-12-6-14-27(25)19-24-11-5-9-22(2)17-24/h4-6,8-12,14,16-17H,7,13,15,18-20H2,1-3H3. The van der Waals surface area contributed by atoms with Crippen molar-refractivity contribution < 1.29 is 4.74 Å². The molecule has 148 valence electrons. The molecule has 1 aromatic heterocycles. The minimum Gasteiger partial charge on any atom is -0.385 e. The van der Waals surface area contributed by atoms with Gasteiger partial charge in [-0.1, -0.05) is 59.7 Å². The largest absolute Gasteiger partial charge is 0.385 e. The molecule has 28 heavy (non-hydrogen) atoms. The second-order valence-corrected chi connectivity index (χ2v) is 7.66. The van der Waals surface area contributed by atoms with Crippen molar-refractivity contribution in [3.05, 3.63) is 94.8 Å². The topological polar surface area (TPSA) is 17.4 Å². The lowest BCUT2D eigenvalue weighted by molar-refractivity contribution is 0.165. The molecular weight excluding hydrogens is 344 g/mol. The van der Waals surface area contributed by atoms with Gasteiger partial charge in [-0.2, -0.15) is 0 Å². The number of methoxy groups -OCH3 is 1. The zero-order chi connectivity index (χ0) is 19.8. The SMILES string of the molecule is COCCCN(Cc1cccc(C)c1)Cc1cccn1Cc1cccc(C)c1. The first-order valence-electron chi connectivity index (χ1n) is 10.1. The van der Waals surface area contributed by atoms with E-state index in [1.165, 1.54) is 27.9 Å². The van der Waals surface area contributed by atoms with E-state index in [-0.39, 0.29) is 0 Å². The minimum atomic E-state index is 0.800. The molecule has 0 radical (unpaired) electrons. The van der Waals surface area contributed by atoms with Crippen molar-refractivity contribution >= 4 is 0 Å². The number of ether oxygens (including phenoxy) is 1. The minimum absolute atomic E-state index is 0.800. The lowest BCUT2D eigenvalue weighted by atomic mass is 10.1. The third kappa shape index (κ3) is 6.08. The quantitative estimate of drug-likeness (QED) is 0.453. The maximum atomic E-state index is 5.28. The van der Waals surface area contributed by atoms with Crippen molar-refractivity contribution in [1.82, 2.24) is 9.47 Å². The maximum Gasteiger partial charge on any atom is 0.0474 e. The molecule has 0 bridgehead atoms. The molecule has 3 nitrogen and oxygen atoms in total. The van der Waals surface area contributed by atoms with Gasteiger partial charge in [0, 0.05) is 51.8 Å². The summed E-state index contributed by atoms with van der Waals surface area (Å²) >= 11 is 0. The highest BCUT2D eigenvalue weighted by atomic mass is 16.5. The molecule has 0 amide bonds. The number of hydrogen-bond acceptors (Lipinski definition) is 2. The summed E-state index contributed by atoms with van der Waals surface area (Å²) in [5.74, 6) is 0. The van der Waals surface area contributed by atoms with Crippen LogP contribution in [0.4, 0.5) is 0 Å². The van der Waals surface area contributed by atoms with E-state index in [1.807, 2.05) is 0 Å². The average Bonchev–Trinajstić information content (AvgIpc) is 3.08. The summed E-state index contributed by atoms with van der Waals surface area (Å²) in [6.07, 6.45) is 3.23. The molecule has 3 heteroatoms. The second kappa shape index (κ2) is 10.3. The first-order chi connectivity index (χ1) is 13.6. The lowest BCUT2D eigenvalue weighted by Crippen LogP contribution is -2.26. The Labute approximate surface area is 169 Å². The van der Waals surface area contributed by atoms with Gasteiger partial charge in [0.25, 0.3) is 0 Å². The van der Waals surface area contributed by atoms with Crippen LogP contribution in [0.2, 0.25) is 0 Å². The van der Waals surface area contributed by atoms with Gasteiger partial charge in [0.15, 0.2) is 0 Å². The van der Waals surface area contributed by atoms with Crippen molar-refractivity contribution in [3.8, 4) is 0 Å². The van der Waals surface area contributed by atoms with Gasteiger partial charge in [0.1, 0.15) is 0 Å². The van der Waals surface area contributed by atoms with E-state index in [0.717, 1.165) is 39.2 Å². The summed E-state index contributed by atoms with van der Waals surface area (Å²) in [7, 11) is 1.78. The van der Waals surface area contributed by atoms with E-state index in [9.17, 15) is 0 Å². The van der Waals surface area contributed by atoms with E-state index in [2.05, 4.69) is 90.2 Å². The molecule has 3 aromatic rings. The number of aromatic nitrogens is 1. The molecule has 0 aliphatic rings. The van der Waals surface area contributed by atoms with Gasteiger partial charge in [0.2, 0.25) is 0 Å². The molecule has 0 spiro atoms. The number of nitrogens with zero attached hydrogens (tertiary/aromatic N) is 2. The van der Waals surface area contributed by atoms with E-state index >= 15 is 0 Å². The highest BCUT2D eigenvalue weighted by molar-refractivity contribution is 5.24. The Hall–Kier alpha value is -2.36. The molecule has 3 rings (SSSR count). The molecule has 0 fully saturated rings. The van der Waals surface area contributed by atoms with Gasteiger partial charge in [0.05, 0.1) is 0 Å². The Morgan fingerprint density at radius 2 is 1.57 bits per heavy atom. The van der Waals surface area contributed by atoms with E-state index in [0.29, 0.717) is 0 Å². The fraction of sp³-hybridized carbons (Fsp3) is 0.360. The Balaban J connectivity index is 1.72. The first-order valence-corrected chi connectivity index (χ1v) is 10.1. The normalized spacial score (nSPS) is 11.3. The van der Waals surface area contributed by atoms with Gasteiger partial charge in [-0.3, -0.25) is 4.90 Å². The Kier molecular flexibility index (Phi) is 7.46. The molecule has 1 heterocycles. The zero-order valence-electron chi connectivity index (χ0n) is 17.4. The van der Waals surface area contributed by atoms with Crippen LogP contribution < -0.4 is 0 Å². The summed E-state index contributed by atoms with van der Waals surface area (Å²) in [6, 6.07) is 22.0. The monoisotopic (exact) mass is 376 g/mol. The van der Waals surface area contributed by atoms with Crippen LogP contribution in [0, 0.1) is 13.8 Å². The number of rotatable bonds is 10. The summed E-state index contributed by atoms with van der Waals surface area (Å²) in [5.41, 5.74) is 6.70. The Bertz CT molecular complexity index is 868. The fourth-order valence-corrected chi connectivity index (χ4v) is 3.70. The molecule has 0 unspecified atom stereocenters. The molecule has 2 aromatic carbocycles. The number of benzene rings is 2. The zero-order valence-corrected chi connectivity index (χ0v) is 17.4. The van der Waals surface area contributed by atoms with Crippen LogP contribution in [0.3, 0.4) is 0 Å². The predicted octanol–water partition coefficient (Wildman–Crippen LogP) is 5.19. The Morgan fingerprint density at radius 3 is 2.29 bits per heavy atom. The molecule has 0 N–H and O–H groups in total. The highest BCUT2D eigenvalue weighted by Gasteiger charge is 2.11. The second-order valence-electron chi connectivity index (χ2n) is 7.66. The van der Waals surface area contributed by atoms with Crippen LogP contribution in [-0.4, -0.2) is 29.7 Å². The van der Waals surface area contributed by atoms with Crippen LogP contribution in [0.25, 0.3) is 0 Å². The fourth-order valence-electron chi connectivity index (χ4n) is 3.70. The summed E-state index contributed by atoms with van der Waals surface area (Å²) < 4.78 is 7.65. The summed E-state index contributed by atoms with van der Waals surface area (Å²) in [4.78, 5) is 2.52. The molecule has 0 aliphatic carbocycles. The molecular formula is C25H32N2O. The summed E-state index contributed by atoms with van der Waals surface area (Å²) in [6.45, 7) is 8.95. The van der Waals surface area contributed by atoms with E-state index in [4.69, 9.17) is 4.74 Å². The maximum absolute atomic E-state index is 5.28. The van der Waals surface area contributed by atoms with Crippen molar-refractivity contribution in [2.75, 3.05) is 20.3 Å². The predicted molar refractivity (Wildman–Crippen MR) is 116 cm³/mol. The molecule has 0 atom stereocenters. The molecule has 0 saturated carbocycles. The van der Waals surface area contributed by atoms with Gasteiger partial charge < -0.3 is 9.30 Å². The average molecular weight is 377 g/mol. The van der Waals surface area contributed by atoms with Gasteiger partial charge >= 0.3 is 0 Å². The van der Waals surface area contributed by atoms with Gasteiger partial charge in [-0.15, -0.1) is 0 Å². The third-order valence-corrected chi connectivity index (χ3v) is 5.06. The van der Waals surface area contributed by atoms with Gasteiger partial charge in [-0.25, -0.2) is 0 Å². The molecule has 0 saturated heterocycles. The number of aryl methyl sites for hydroxylation is 2. The number of hydrogen-bond donors (Lipinski definition) is 0. The van der Waals surface area contributed by atoms with Crippen LogP contribution in [0.15, 0.2) is 66.9 Å². The van der Waals surface area contributed by atoms with Gasteiger partial charge in [-0.05, 0) is 43.5 Å². The van der Waals surface area contributed by atoms with Crippen molar-refractivity contribution in [2.24, 2.45) is 0 Å². The molecule has 0 aliphatic heterocycles. The first kappa shape index (κ1) is 20.4.